The number of anilines is 1. The highest BCUT2D eigenvalue weighted by molar-refractivity contribution is 9.10. The summed E-state index contributed by atoms with van der Waals surface area (Å²) in [5.74, 6) is 0.487. The predicted octanol–water partition coefficient (Wildman–Crippen LogP) is 1.97. The minimum atomic E-state index is -0.495. The summed E-state index contributed by atoms with van der Waals surface area (Å²) in [5.41, 5.74) is 0.603. The second-order valence-corrected chi connectivity index (χ2v) is 4.86. The first kappa shape index (κ1) is 14.1. The first-order valence-electron chi connectivity index (χ1n) is 5.57. The van der Waals surface area contributed by atoms with Gasteiger partial charge in [-0.1, -0.05) is 22.0 Å². The fraction of sp³-hybridized carbons (Fsp3) is 0.182. The number of nitrogens with one attached hydrogen (secondary N) is 2. The van der Waals surface area contributed by atoms with Gasteiger partial charge in [0.2, 0.25) is 11.9 Å². The van der Waals surface area contributed by atoms with Gasteiger partial charge in [0.1, 0.15) is 5.82 Å². The van der Waals surface area contributed by atoms with E-state index < -0.39 is 4.92 Å². The summed E-state index contributed by atoms with van der Waals surface area (Å²) in [6.07, 6.45) is 0.0617. The molecular formula is C11H10BrN5O3. The highest BCUT2D eigenvalue weighted by Crippen LogP contribution is 2.23. The number of carbonyl (C=O) groups is 1. The first-order valence-corrected chi connectivity index (χ1v) is 6.36. The number of nitrogens with zero attached hydrogens (tertiary/aromatic N) is 3. The molecule has 1 aromatic heterocycles. The smallest absolute Gasteiger partial charge is 0.270 e. The summed E-state index contributed by atoms with van der Waals surface area (Å²) < 4.78 is 0.507. The van der Waals surface area contributed by atoms with Gasteiger partial charge in [0.05, 0.1) is 11.3 Å². The summed E-state index contributed by atoms with van der Waals surface area (Å²) in [6, 6.07) is 4.24. The fourth-order valence-corrected chi connectivity index (χ4v) is 2.04. The Kier molecular flexibility index (Phi) is 4.08. The number of nitro groups is 1. The van der Waals surface area contributed by atoms with Crippen LogP contribution < -0.4 is 5.32 Å². The van der Waals surface area contributed by atoms with Crippen LogP contribution in [-0.2, 0) is 11.2 Å². The van der Waals surface area contributed by atoms with Crippen molar-refractivity contribution in [2.75, 3.05) is 5.32 Å². The van der Waals surface area contributed by atoms with Gasteiger partial charge in [0.25, 0.3) is 5.69 Å². The summed E-state index contributed by atoms with van der Waals surface area (Å²) in [7, 11) is 0. The number of H-pyrrole nitrogens is 1. The van der Waals surface area contributed by atoms with E-state index in [-0.39, 0.29) is 24.0 Å². The quantitative estimate of drug-likeness (QED) is 0.652. The number of hydrogen-bond donors (Lipinski definition) is 2. The van der Waals surface area contributed by atoms with E-state index in [0.717, 1.165) is 0 Å². The third-order valence-corrected chi connectivity index (χ3v) is 3.19. The molecule has 0 bridgehead atoms. The SMILES string of the molecule is Cc1nc(NC(=O)Cc2ccc([N+](=O)[O-])cc2Br)n[nH]1. The Morgan fingerprint density at radius 1 is 1.55 bits per heavy atom. The fourth-order valence-electron chi connectivity index (χ4n) is 1.53. The van der Waals surface area contributed by atoms with Crippen molar-refractivity contribution in [3.63, 3.8) is 0 Å². The van der Waals surface area contributed by atoms with Gasteiger partial charge in [-0.05, 0) is 12.5 Å². The number of non-ortho nitro benzene ring substituents is 1. The second-order valence-electron chi connectivity index (χ2n) is 4.00. The van der Waals surface area contributed by atoms with Crippen molar-refractivity contribution in [1.82, 2.24) is 15.2 Å². The lowest BCUT2D eigenvalue weighted by molar-refractivity contribution is -0.384. The lowest BCUT2D eigenvalue weighted by atomic mass is 10.1. The maximum absolute atomic E-state index is 11.8. The topological polar surface area (TPSA) is 114 Å². The van der Waals surface area contributed by atoms with Crippen LogP contribution in [0.1, 0.15) is 11.4 Å². The molecule has 20 heavy (non-hydrogen) atoms. The van der Waals surface area contributed by atoms with E-state index >= 15 is 0 Å². The molecule has 0 aliphatic rings. The van der Waals surface area contributed by atoms with Crippen molar-refractivity contribution in [2.45, 2.75) is 13.3 Å². The monoisotopic (exact) mass is 339 g/mol. The maximum atomic E-state index is 11.8. The maximum Gasteiger partial charge on any atom is 0.270 e. The number of rotatable bonds is 4. The van der Waals surface area contributed by atoms with Crippen LogP contribution in [-0.4, -0.2) is 26.0 Å². The predicted molar refractivity (Wildman–Crippen MR) is 74.2 cm³/mol. The molecule has 9 heteroatoms. The molecule has 2 aromatic rings. The van der Waals surface area contributed by atoms with E-state index in [0.29, 0.717) is 15.9 Å². The van der Waals surface area contributed by atoms with Gasteiger partial charge in [0.15, 0.2) is 0 Å². The number of aromatic amines is 1. The molecule has 104 valence electrons. The summed E-state index contributed by atoms with van der Waals surface area (Å²) in [5, 5.41) is 19.5. The number of aryl methyl sites for hydroxylation is 1. The molecule has 0 spiro atoms. The van der Waals surface area contributed by atoms with Gasteiger partial charge in [-0.15, -0.1) is 5.10 Å². The Bertz CT molecular complexity index is 670. The Balaban J connectivity index is 2.06. The molecule has 0 aliphatic heterocycles. The zero-order valence-electron chi connectivity index (χ0n) is 10.4. The van der Waals surface area contributed by atoms with Crippen LogP contribution in [0.4, 0.5) is 11.6 Å². The van der Waals surface area contributed by atoms with Crippen molar-refractivity contribution >= 4 is 33.5 Å². The Morgan fingerprint density at radius 2 is 2.30 bits per heavy atom. The minimum absolute atomic E-state index is 0.0365. The van der Waals surface area contributed by atoms with Crippen LogP contribution >= 0.6 is 15.9 Å². The molecule has 1 aromatic carbocycles. The van der Waals surface area contributed by atoms with E-state index in [1.54, 1.807) is 6.92 Å². The van der Waals surface area contributed by atoms with Crippen LogP contribution in [0.5, 0.6) is 0 Å². The molecule has 0 atom stereocenters. The van der Waals surface area contributed by atoms with E-state index in [9.17, 15) is 14.9 Å². The van der Waals surface area contributed by atoms with E-state index in [4.69, 9.17) is 0 Å². The highest BCUT2D eigenvalue weighted by atomic mass is 79.9. The van der Waals surface area contributed by atoms with Crippen LogP contribution in [0.25, 0.3) is 0 Å². The van der Waals surface area contributed by atoms with Crippen molar-refractivity contribution < 1.29 is 9.72 Å². The zero-order chi connectivity index (χ0) is 14.7. The molecule has 0 saturated heterocycles. The molecule has 2 N–H and O–H groups in total. The van der Waals surface area contributed by atoms with Crippen LogP contribution in [0, 0.1) is 17.0 Å². The average molecular weight is 340 g/mol. The molecule has 8 nitrogen and oxygen atoms in total. The van der Waals surface area contributed by atoms with Crippen molar-refractivity contribution in [1.29, 1.82) is 0 Å². The van der Waals surface area contributed by atoms with Crippen molar-refractivity contribution in [3.8, 4) is 0 Å². The third kappa shape index (κ3) is 3.38. The molecule has 0 aliphatic carbocycles. The summed E-state index contributed by atoms with van der Waals surface area (Å²) >= 11 is 3.21. The standard InChI is InChI=1S/C11H10BrN5O3/c1-6-13-11(16-15-6)14-10(18)4-7-2-3-8(17(19)20)5-9(7)12/h2-3,5H,4H2,1H3,(H2,13,14,15,16,18). The lowest BCUT2D eigenvalue weighted by Gasteiger charge is -2.04. The lowest BCUT2D eigenvalue weighted by Crippen LogP contribution is -2.15. The summed E-state index contributed by atoms with van der Waals surface area (Å²) in [6.45, 7) is 1.72. The zero-order valence-corrected chi connectivity index (χ0v) is 12.0. The van der Waals surface area contributed by atoms with Gasteiger partial charge in [-0.25, -0.2) is 0 Å². The van der Waals surface area contributed by atoms with Crippen molar-refractivity contribution in [3.05, 3.63) is 44.2 Å². The second kappa shape index (κ2) is 5.78. The van der Waals surface area contributed by atoms with Crippen molar-refractivity contribution in [2.24, 2.45) is 0 Å². The highest BCUT2D eigenvalue weighted by Gasteiger charge is 2.13. The van der Waals surface area contributed by atoms with Gasteiger partial charge >= 0.3 is 0 Å². The van der Waals surface area contributed by atoms with Gasteiger partial charge in [-0.2, -0.15) is 4.98 Å². The summed E-state index contributed by atoms with van der Waals surface area (Å²) in [4.78, 5) is 25.9. The average Bonchev–Trinajstić information content (AvgIpc) is 2.77. The van der Waals surface area contributed by atoms with E-state index in [1.807, 2.05) is 0 Å². The minimum Gasteiger partial charge on any atom is -0.293 e. The first-order chi connectivity index (χ1) is 9.45. The number of nitro benzene ring substituents is 1. The van der Waals surface area contributed by atoms with Gasteiger partial charge < -0.3 is 0 Å². The van der Waals surface area contributed by atoms with Crippen LogP contribution in [0.15, 0.2) is 22.7 Å². The molecule has 1 amide bonds. The Morgan fingerprint density at radius 3 is 2.85 bits per heavy atom. The molecule has 0 radical (unpaired) electrons. The Labute approximate surface area is 121 Å². The molecule has 2 rings (SSSR count). The van der Waals surface area contributed by atoms with Gasteiger partial charge in [0, 0.05) is 16.6 Å². The number of hydrogen-bond acceptors (Lipinski definition) is 5. The van der Waals surface area contributed by atoms with Crippen LogP contribution in [0.2, 0.25) is 0 Å². The van der Waals surface area contributed by atoms with E-state index in [1.165, 1.54) is 18.2 Å². The Hall–Kier alpha value is -2.29. The number of carbonyl (C=O) groups excluding carboxylic acids is 1. The third-order valence-electron chi connectivity index (χ3n) is 2.45. The van der Waals surface area contributed by atoms with Gasteiger partial charge in [-0.3, -0.25) is 25.3 Å². The normalized spacial score (nSPS) is 10.3. The molecule has 0 saturated carbocycles. The largest absolute Gasteiger partial charge is 0.293 e. The molecule has 0 unspecified atom stereocenters. The van der Waals surface area contributed by atoms with E-state index in [2.05, 4.69) is 36.4 Å². The molecule has 1 heterocycles. The number of amides is 1. The molecular weight excluding hydrogens is 330 g/mol. The number of halogens is 1. The number of aromatic nitrogens is 3. The number of benzene rings is 1. The van der Waals surface area contributed by atoms with Crippen LogP contribution in [0.3, 0.4) is 0 Å². The molecule has 0 fully saturated rings.